The minimum Gasteiger partial charge on any atom is -0.340 e. The first kappa shape index (κ1) is 15.3. The van der Waals surface area contributed by atoms with Crippen LogP contribution in [-0.4, -0.2) is 34.8 Å². The number of hydrogen-bond donors (Lipinski definition) is 1. The van der Waals surface area contributed by atoms with Crippen LogP contribution in [0.25, 0.3) is 0 Å². The first-order valence-corrected chi connectivity index (χ1v) is 8.17. The number of hydrogen-bond acceptors (Lipinski definition) is 2. The Morgan fingerprint density at radius 3 is 2.30 bits per heavy atom. The van der Waals surface area contributed by atoms with Gasteiger partial charge in [-0.05, 0) is 38.5 Å². The van der Waals surface area contributed by atoms with E-state index in [1.807, 2.05) is 25.7 Å². The molecule has 1 saturated heterocycles. The van der Waals surface area contributed by atoms with Crippen molar-refractivity contribution >= 4 is 11.8 Å². The lowest BCUT2D eigenvalue weighted by molar-refractivity contribution is -0.155. The number of nitrogens with zero attached hydrogens (tertiary/aromatic N) is 1. The maximum absolute atomic E-state index is 12.9. The predicted molar refractivity (Wildman–Crippen MR) is 79.2 cm³/mol. The summed E-state index contributed by atoms with van der Waals surface area (Å²) >= 11 is 0. The molecule has 0 radical (unpaired) electrons. The monoisotopic (exact) mass is 280 g/mol. The van der Waals surface area contributed by atoms with Crippen LogP contribution in [0.5, 0.6) is 0 Å². The highest BCUT2D eigenvalue weighted by Gasteiger charge is 2.47. The highest BCUT2D eigenvalue weighted by molar-refractivity contribution is 5.99. The van der Waals surface area contributed by atoms with Crippen molar-refractivity contribution in [2.24, 2.45) is 5.92 Å². The summed E-state index contributed by atoms with van der Waals surface area (Å²) in [4.78, 5) is 26.9. The van der Waals surface area contributed by atoms with E-state index in [-0.39, 0.29) is 17.9 Å². The van der Waals surface area contributed by atoms with Gasteiger partial charge in [-0.2, -0.15) is 0 Å². The van der Waals surface area contributed by atoms with Gasteiger partial charge in [0, 0.05) is 6.54 Å². The van der Waals surface area contributed by atoms with Gasteiger partial charge in [-0.1, -0.05) is 33.1 Å². The standard InChI is InChI=1S/C16H28N2O2/c1-4-16(5-2)15(20)18(12(3)14(19)17-16)11-13-9-7-6-8-10-13/h12-13H,4-11H2,1-3H3,(H,17,19). The van der Waals surface area contributed by atoms with E-state index in [1.54, 1.807) is 0 Å². The maximum atomic E-state index is 12.9. The van der Waals surface area contributed by atoms with Gasteiger partial charge in [0.15, 0.2) is 0 Å². The van der Waals surface area contributed by atoms with Crippen molar-refractivity contribution in [2.75, 3.05) is 6.54 Å². The van der Waals surface area contributed by atoms with Crippen LogP contribution in [0, 0.1) is 5.92 Å². The molecule has 0 aromatic rings. The molecule has 4 heteroatoms. The van der Waals surface area contributed by atoms with Gasteiger partial charge in [-0.15, -0.1) is 0 Å². The molecule has 2 aliphatic rings. The van der Waals surface area contributed by atoms with Crippen molar-refractivity contribution < 1.29 is 9.59 Å². The summed E-state index contributed by atoms with van der Waals surface area (Å²) < 4.78 is 0. The molecule has 20 heavy (non-hydrogen) atoms. The molecule has 2 rings (SSSR count). The summed E-state index contributed by atoms with van der Waals surface area (Å²) in [7, 11) is 0. The Kier molecular flexibility index (Phi) is 4.71. The summed E-state index contributed by atoms with van der Waals surface area (Å²) in [6.45, 7) is 6.58. The summed E-state index contributed by atoms with van der Waals surface area (Å²) in [6, 6.07) is -0.323. The summed E-state index contributed by atoms with van der Waals surface area (Å²) in [5.41, 5.74) is -0.668. The van der Waals surface area contributed by atoms with Gasteiger partial charge in [0.05, 0.1) is 0 Å². The van der Waals surface area contributed by atoms with Crippen LogP contribution >= 0.6 is 0 Å². The average Bonchev–Trinajstić information content (AvgIpc) is 2.48. The molecular formula is C16H28N2O2. The number of piperazine rings is 1. The molecule has 1 N–H and O–H groups in total. The fraction of sp³-hybridized carbons (Fsp3) is 0.875. The average molecular weight is 280 g/mol. The smallest absolute Gasteiger partial charge is 0.248 e. The molecule has 0 bridgehead atoms. The van der Waals surface area contributed by atoms with Gasteiger partial charge in [0.1, 0.15) is 11.6 Å². The van der Waals surface area contributed by atoms with E-state index in [4.69, 9.17) is 0 Å². The molecule has 0 aromatic heterocycles. The Morgan fingerprint density at radius 2 is 1.75 bits per heavy atom. The van der Waals surface area contributed by atoms with E-state index in [0.717, 1.165) is 6.54 Å². The van der Waals surface area contributed by atoms with Crippen molar-refractivity contribution in [2.45, 2.75) is 77.3 Å². The number of carbonyl (C=O) groups excluding carboxylic acids is 2. The molecule has 0 aromatic carbocycles. The minimum atomic E-state index is -0.668. The zero-order valence-corrected chi connectivity index (χ0v) is 13.1. The molecule has 1 saturated carbocycles. The van der Waals surface area contributed by atoms with Crippen molar-refractivity contribution in [3.63, 3.8) is 0 Å². The fourth-order valence-corrected chi connectivity index (χ4v) is 3.60. The van der Waals surface area contributed by atoms with Crippen molar-refractivity contribution in [1.29, 1.82) is 0 Å². The van der Waals surface area contributed by atoms with Crippen LogP contribution < -0.4 is 5.32 Å². The van der Waals surface area contributed by atoms with E-state index >= 15 is 0 Å². The third kappa shape index (κ3) is 2.70. The Balaban J connectivity index is 2.15. The molecule has 1 atom stereocenters. The van der Waals surface area contributed by atoms with Gasteiger partial charge in [-0.25, -0.2) is 0 Å². The third-order valence-electron chi connectivity index (χ3n) is 5.27. The quantitative estimate of drug-likeness (QED) is 0.860. The van der Waals surface area contributed by atoms with Gasteiger partial charge in [-0.3, -0.25) is 9.59 Å². The zero-order chi connectivity index (χ0) is 14.8. The van der Waals surface area contributed by atoms with Crippen LogP contribution in [0.15, 0.2) is 0 Å². The Labute approximate surface area is 122 Å². The van der Waals surface area contributed by atoms with E-state index in [2.05, 4.69) is 5.32 Å². The van der Waals surface area contributed by atoms with Crippen molar-refractivity contribution in [3.8, 4) is 0 Å². The molecule has 2 amide bonds. The predicted octanol–water partition coefficient (Wildman–Crippen LogP) is 2.47. The van der Waals surface area contributed by atoms with Gasteiger partial charge < -0.3 is 10.2 Å². The summed E-state index contributed by atoms with van der Waals surface area (Å²) in [5.74, 6) is 0.705. The Bertz CT molecular complexity index is 371. The SMILES string of the molecule is CCC1(CC)NC(=O)C(C)N(CC2CCCCC2)C1=O. The number of nitrogens with one attached hydrogen (secondary N) is 1. The van der Waals surface area contributed by atoms with Crippen LogP contribution in [0.3, 0.4) is 0 Å². The second-order valence-electron chi connectivity index (χ2n) is 6.42. The summed E-state index contributed by atoms with van der Waals surface area (Å²) in [5, 5.41) is 2.97. The van der Waals surface area contributed by atoms with Crippen molar-refractivity contribution in [1.82, 2.24) is 10.2 Å². The second kappa shape index (κ2) is 6.15. The molecule has 1 unspecified atom stereocenters. The highest BCUT2D eigenvalue weighted by atomic mass is 16.2. The molecule has 4 nitrogen and oxygen atoms in total. The normalized spacial score (nSPS) is 27.6. The molecule has 2 fully saturated rings. The first-order chi connectivity index (χ1) is 9.54. The Hall–Kier alpha value is -1.06. The summed E-state index contributed by atoms with van der Waals surface area (Å²) in [6.07, 6.45) is 7.57. The minimum absolute atomic E-state index is 0.00381. The number of rotatable bonds is 4. The lowest BCUT2D eigenvalue weighted by atomic mass is 9.84. The molecular weight excluding hydrogens is 252 g/mol. The topological polar surface area (TPSA) is 49.4 Å². The molecule has 1 aliphatic carbocycles. The van der Waals surface area contributed by atoms with Crippen molar-refractivity contribution in [3.05, 3.63) is 0 Å². The van der Waals surface area contributed by atoms with E-state index in [9.17, 15) is 9.59 Å². The lowest BCUT2D eigenvalue weighted by Gasteiger charge is -2.45. The molecule has 114 valence electrons. The largest absolute Gasteiger partial charge is 0.340 e. The van der Waals surface area contributed by atoms with Crippen LogP contribution in [0.1, 0.15) is 65.7 Å². The van der Waals surface area contributed by atoms with Gasteiger partial charge in [0.25, 0.3) is 0 Å². The second-order valence-corrected chi connectivity index (χ2v) is 6.42. The molecule has 0 spiro atoms. The van der Waals surface area contributed by atoms with E-state index < -0.39 is 5.54 Å². The van der Waals surface area contributed by atoms with E-state index in [1.165, 1.54) is 32.1 Å². The molecule has 1 aliphatic heterocycles. The number of carbonyl (C=O) groups is 2. The Morgan fingerprint density at radius 1 is 1.15 bits per heavy atom. The maximum Gasteiger partial charge on any atom is 0.248 e. The van der Waals surface area contributed by atoms with Crippen LogP contribution in [0.2, 0.25) is 0 Å². The van der Waals surface area contributed by atoms with Crippen LogP contribution in [0.4, 0.5) is 0 Å². The highest BCUT2D eigenvalue weighted by Crippen LogP contribution is 2.29. The van der Waals surface area contributed by atoms with Gasteiger partial charge >= 0.3 is 0 Å². The van der Waals surface area contributed by atoms with E-state index in [0.29, 0.717) is 18.8 Å². The van der Waals surface area contributed by atoms with Gasteiger partial charge in [0.2, 0.25) is 11.8 Å². The zero-order valence-electron chi connectivity index (χ0n) is 13.1. The molecule has 1 heterocycles. The first-order valence-electron chi connectivity index (χ1n) is 8.17. The fourth-order valence-electron chi connectivity index (χ4n) is 3.60. The number of amides is 2. The van der Waals surface area contributed by atoms with Crippen LogP contribution in [-0.2, 0) is 9.59 Å². The third-order valence-corrected chi connectivity index (χ3v) is 5.27. The lowest BCUT2D eigenvalue weighted by Crippen LogP contribution is -2.69.